The van der Waals surface area contributed by atoms with Crippen LogP contribution in [-0.4, -0.2) is 60.0 Å². The Hall–Kier alpha value is -1.46. The Kier molecular flexibility index (Phi) is 3.98. The zero-order valence-electron chi connectivity index (χ0n) is 12.0. The van der Waals surface area contributed by atoms with Gasteiger partial charge in [0.1, 0.15) is 0 Å². The Bertz CT molecular complexity index is 464. The number of pyridine rings is 1. The summed E-state index contributed by atoms with van der Waals surface area (Å²) in [6, 6.07) is 4.40. The summed E-state index contributed by atoms with van der Waals surface area (Å²) in [6.07, 6.45) is 4.77. The number of carbonyl (C=O) groups excluding carboxylic acids is 1. The van der Waals surface area contributed by atoms with Gasteiger partial charge in [0, 0.05) is 44.6 Å². The first-order chi connectivity index (χ1) is 9.74. The molecule has 3 heterocycles. The van der Waals surface area contributed by atoms with Crippen molar-refractivity contribution in [3.63, 3.8) is 0 Å². The normalized spacial score (nSPS) is 25.2. The van der Waals surface area contributed by atoms with Gasteiger partial charge in [0.25, 0.3) is 0 Å². The van der Waals surface area contributed by atoms with Gasteiger partial charge in [-0.05, 0) is 31.0 Å². The molecule has 0 aromatic carbocycles. The van der Waals surface area contributed by atoms with E-state index in [9.17, 15) is 4.79 Å². The summed E-state index contributed by atoms with van der Waals surface area (Å²) < 4.78 is 0. The molecule has 2 atom stereocenters. The fourth-order valence-electron chi connectivity index (χ4n) is 3.34. The zero-order chi connectivity index (χ0) is 13.9. The van der Waals surface area contributed by atoms with Crippen molar-refractivity contribution in [2.75, 3.05) is 33.2 Å². The molecule has 5 heteroatoms. The van der Waals surface area contributed by atoms with Crippen molar-refractivity contribution in [3.05, 3.63) is 30.1 Å². The molecule has 5 nitrogen and oxygen atoms in total. The Balaban J connectivity index is 1.53. The molecule has 2 saturated heterocycles. The SMILES string of the molecule is CN(CC(=O)N1CC[C@H]2CNC[C@H]21)Cc1cccnc1. The van der Waals surface area contributed by atoms with Gasteiger partial charge in [-0.1, -0.05) is 6.07 Å². The van der Waals surface area contributed by atoms with Gasteiger partial charge in [-0.2, -0.15) is 0 Å². The Morgan fingerprint density at radius 1 is 1.55 bits per heavy atom. The van der Waals surface area contributed by atoms with Crippen LogP contribution in [0.5, 0.6) is 0 Å². The third-order valence-electron chi connectivity index (χ3n) is 4.35. The fourth-order valence-corrected chi connectivity index (χ4v) is 3.34. The minimum absolute atomic E-state index is 0.257. The summed E-state index contributed by atoms with van der Waals surface area (Å²) in [4.78, 5) is 20.7. The number of hydrogen-bond donors (Lipinski definition) is 1. The first-order valence-electron chi connectivity index (χ1n) is 7.31. The first-order valence-corrected chi connectivity index (χ1v) is 7.31. The van der Waals surface area contributed by atoms with Crippen molar-refractivity contribution in [2.24, 2.45) is 5.92 Å². The van der Waals surface area contributed by atoms with Gasteiger partial charge in [0.05, 0.1) is 6.54 Å². The maximum absolute atomic E-state index is 12.4. The second kappa shape index (κ2) is 5.89. The molecule has 2 fully saturated rings. The van der Waals surface area contributed by atoms with Crippen LogP contribution in [-0.2, 0) is 11.3 Å². The van der Waals surface area contributed by atoms with E-state index < -0.39 is 0 Å². The fraction of sp³-hybridized carbons (Fsp3) is 0.600. The highest BCUT2D eigenvalue weighted by atomic mass is 16.2. The number of nitrogens with zero attached hydrogens (tertiary/aromatic N) is 3. The highest BCUT2D eigenvalue weighted by Crippen LogP contribution is 2.27. The van der Waals surface area contributed by atoms with E-state index in [0.29, 0.717) is 18.5 Å². The molecule has 0 bridgehead atoms. The van der Waals surface area contributed by atoms with Crippen LogP contribution >= 0.6 is 0 Å². The molecule has 0 spiro atoms. The number of fused-ring (bicyclic) bond motifs is 1. The van der Waals surface area contributed by atoms with Crippen molar-refractivity contribution in [2.45, 2.75) is 19.0 Å². The molecule has 1 amide bonds. The van der Waals surface area contributed by atoms with Crippen LogP contribution in [0.1, 0.15) is 12.0 Å². The average Bonchev–Trinajstić information content (AvgIpc) is 3.01. The monoisotopic (exact) mass is 274 g/mol. The van der Waals surface area contributed by atoms with E-state index in [0.717, 1.165) is 38.2 Å². The highest BCUT2D eigenvalue weighted by Gasteiger charge is 2.39. The third kappa shape index (κ3) is 2.83. The number of carbonyl (C=O) groups is 1. The first kappa shape index (κ1) is 13.5. The topological polar surface area (TPSA) is 48.5 Å². The number of rotatable bonds is 4. The lowest BCUT2D eigenvalue weighted by Crippen LogP contribution is -2.43. The standard InChI is InChI=1S/C15H22N4O/c1-18(10-12-3-2-5-16-7-12)11-15(20)19-6-4-13-8-17-9-14(13)19/h2-3,5,7,13-14,17H,4,6,8-11H2,1H3/t13-,14+/m0/s1. The van der Waals surface area contributed by atoms with Gasteiger partial charge in [-0.25, -0.2) is 0 Å². The number of hydrogen-bond acceptors (Lipinski definition) is 4. The Labute approximate surface area is 120 Å². The summed E-state index contributed by atoms with van der Waals surface area (Å²) in [6.45, 7) is 4.21. The molecule has 20 heavy (non-hydrogen) atoms. The largest absolute Gasteiger partial charge is 0.337 e. The van der Waals surface area contributed by atoms with E-state index in [1.54, 1.807) is 6.20 Å². The molecule has 0 radical (unpaired) electrons. The Morgan fingerprint density at radius 3 is 3.25 bits per heavy atom. The molecule has 1 aromatic heterocycles. The van der Waals surface area contributed by atoms with Crippen LogP contribution < -0.4 is 5.32 Å². The molecule has 2 aliphatic rings. The molecule has 2 aliphatic heterocycles. The second-order valence-electron chi connectivity index (χ2n) is 5.90. The highest BCUT2D eigenvalue weighted by molar-refractivity contribution is 5.79. The van der Waals surface area contributed by atoms with Gasteiger partial charge in [-0.3, -0.25) is 14.7 Å². The minimum atomic E-state index is 0.257. The molecular weight excluding hydrogens is 252 g/mol. The van der Waals surface area contributed by atoms with E-state index in [-0.39, 0.29) is 5.91 Å². The minimum Gasteiger partial charge on any atom is -0.337 e. The molecule has 1 N–H and O–H groups in total. The number of likely N-dealkylation sites (tertiary alicyclic amines) is 1. The van der Waals surface area contributed by atoms with E-state index in [1.165, 1.54) is 0 Å². The molecule has 0 aliphatic carbocycles. The van der Waals surface area contributed by atoms with Crippen molar-refractivity contribution < 1.29 is 4.79 Å². The van der Waals surface area contributed by atoms with E-state index in [1.807, 2.05) is 25.4 Å². The molecule has 0 saturated carbocycles. The lowest BCUT2D eigenvalue weighted by atomic mass is 10.1. The molecule has 3 rings (SSSR count). The van der Waals surface area contributed by atoms with Gasteiger partial charge in [0.2, 0.25) is 5.91 Å². The summed E-state index contributed by atoms with van der Waals surface area (Å²) in [5.74, 6) is 0.926. The van der Waals surface area contributed by atoms with Crippen molar-refractivity contribution in [1.82, 2.24) is 20.1 Å². The van der Waals surface area contributed by atoms with Gasteiger partial charge in [-0.15, -0.1) is 0 Å². The van der Waals surface area contributed by atoms with Crippen LogP contribution in [0, 0.1) is 5.92 Å². The zero-order valence-corrected chi connectivity index (χ0v) is 12.0. The molecular formula is C15H22N4O. The Morgan fingerprint density at radius 2 is 2.45 bits per heavy atom. The van der Waals surface area contributed by atoms with Gasteiger partial charge < -0.3 is 10.2 Å². The van der Waals surface area contributed by atoms with E-state index in [4.69, 9.17) is 0 Å². The number of nitrogens with one attached hydrogen (secondary N) is 1. The summed E-state index contributed by atoms with van der Waals surface area (Å²) in [5, 5.41) is 3.39. The van der Waals surface area contributed by atoms with Crippen LogP contribution in [0.3, 0.4) is 0 Å². The predicted molar refractivity (Wildman–Crippen MR) is 77.0 cm³/mol. The van der Waals surface area contributed by atoms with Crippen molar-refractivity contribution >= 4 is 5.91 Å². The van der Waals surface area contributed by atoms with E-state index >= 15 is 0 Å². The lowest BCUT2D eigenvalue weighted by molar-refractivity contribution is -0.133. The predicted octanol–water partition coefficient (Wildman–Crippen LogP) is 0.334. The van der Waals surface area contributed by atoms with Crippen LogP contribution in [0.25, 0.3) is 0 Å². The van der Waals surface area contributed by atoms with Crippen LogP contribution in [0.15, 0.2) is 24.5 Å². The van der Waals surface area contributed by atoms with Gasteiger partial charge >= 0.3 is 0 Å². The average molecular weight is 274 g/mol. The van der Waals surface area contributed by atoms with Gasteiger partial charge in [0.15, 0.2) is 0 Å². The quantitative estimate of drug-likeness (QED) is 0.860. The maximum atomic E-state index is 12.4. The smallest absolute Gasteiger partial charge is 0.237 e. The molecule has 108 valence electrons. The number of aromatic nitrogens is 1. The number of likely N-dealkylation sites (N-methyl/N-ethyl adjacent to an activating group) is 1. The van der Waals surface area contributed by atoms with Crippen LogP contribution in [0.2, 0.25) is 0 Å². The maximum Gasteiger partial charge on any atom is 0.237 e. The van der Waals surface area contributed by atoms with E-state index in [2.05, 4.69) is 20.1 Å². The molecule has 0 unspecified atom stereocenters. The van der Waals surface area contributed by atoms with Crippen molar-refractivity contribution in [1.29, 1.82) is 0 Å². The lowest BCUT2D eigenvalue weighted by Gasteiger charge is -2.26. The second-order valence-corrected chi connectivity index (χ2v) is 5.90. The third-order valence-corrected chi connectivity index (χ3v) is 4.35. The molecule has 1 aromatic rings. The summed E-state index contributed by atoms with van der Waals surface area (Å²) in [5.41, 5.74) is 1.14. The van der Waals surface area contributed by atoms with Crippen molar-refractivity contribution in [3.8, 4) is 0 Å². The summed E-state index contributed by atoms with van der Waals surface area (Å²) >= 11 is 0. The summed E-state index contributed by atoms with van der Waals surface area (Å²) in [7, 11) is 1.99. The number of amides is 1. The van der Waals surface area contributed by atoms with Crippen LogP contribution in [0.4, 0.5) is 0 Å².